The van der Waals surface area contributed by atoms with E-state index in [0.29, 0.717) is 45.6 Å². The summed E-state index contributed by atoms with van der Waals surface area (Å²) in [5, 5.41) is 0.546. The lowest BCUT2D eigenvalue weighted by atomic mass is 10.2. The quantitative estimate of drug-likeness (QED) is 0.676. The van der Waals surface area contributed by atoms with E-state index in [2.05, 4.69) is 4.98 Å². The van der Waals surface area contributed by atoms with E-state index in [4.69, 9.17) is 9.15 Å². The molecule has 7 heteroatoms. The first kappa shape index (κ1) is 17.2. The van der Waals surface area contributed by atoms with E-state index < -0.39 is 0 Å². The topological polar surface area (TPSA) is 55.6 Å². The van der Waals surface area contributed by atoms with Gasteiger partial charge in [0, 0.05) is 6.61 Å². The molecule has 1 aliphatic heterocycles. The Morgan fingerprint density at radius 2 is 2.23 bits per heavy atom. The minimum Gasteiger partial charge on any atom is -0.466 e. The van der Waals surface area contributed by atoms with Crippen molar-refractivity contribution in [1.82, 2.24) is 4.98 Å². The van der Waals surface area contributed by atoms with Crippen LogP contribution in [-0.2, 0) is 4.74 Å². The van der Waals surface area contributed by atoms with E-state index in [9.17, 15) is 9.18 Å². The van der Waals surface area contributed by atoms with Gasteiger partial charge in [-0.1, -0.05) is 11.3 Å². The van der Waals surface area contributed by atoms with Gasteiger partial charge in [0.25, 0.3) is 5.91 Å². The Bertz CT molecular complexity index is 959. The molecule has 1 atom stereocenters. The zero-order valence-electron chi connectivity index (χ0n) is 14.6. The van der Waals surface area contributed by atoms with Crippen molar-refractivity contribution in [2.45, 2.75) is 32.8 Å². The molecule has 1 saturated heterocycles. The largest absolute Gasteiger partial charge is 0.466 e. The third-order valence-corrected chi connectivity index (χ3v) is 5.54. The number of ether oxygens (including phenoxy) is 1. The number of furan rings is 1. The molecule has 1 fully saturated rings. The van der Waals surface area contributed by atoms with E-state index in [0.717, 1.165) is 12.8 Å². The summed E-state index contributed by atoms with van der Waals surface area (Å²) in [5.74, 6) is 0.784. The van der Waals surface area contributed by atoms with Crippen molar-refractivity contribution < 1.29 is 18.3 Å². The first-order valence-electron chi connectivity index (χ1n) is 8.58. The Hall–Kier alpha value is -2.25. The van der Waals surface area contributed by atoms with Gasteiger partial charge in [-0.15, -0.1) is 0 Å². The molecule has 0 saturated carbocycles. The standard InChI is InChI=1S/C19H19FN2O3S/c1-11-8-15(12(2)25-11)18(23)22(10-14-4-3-7-24-14)19-21-16-6-5-13(20)9-17(16)26-19/h5-6,8-9,14H,3-4,7,10H2,1-2H3. The van der Waals surface area contributed by atoms with Crippen molar-refractivity contribution in [3.63, 3.8) is 0 Å². The number of benzene rings is 1. The maximum absolute atomic E-state index is 13.5. The fourth-order valence-electron chi connectivity index (χ4n) is 3.23. The van der Waals surface area contributed by atoms with Gasteiger partial charge in [-0.05, 0) is 51.0 Å². The van der Waals surface area contributed by atoms with E-state index in [1.807, 2.05) is 6.92 Å². The monoisotopic (exact) mass is 374 g/mol. The Morgan fingerprint density at radius 1 is 1.38 bits per heavy atom. The van der Waals surface area contributed by atoms with Crippen LogP contribution in [0.2, 0.25) is 0 Å². The summed E-state index contributed by atoms with van der Waals surface area (Å²) in [6.07, 6.45) is 1.88. The summed E-state index contributed by atoms with van der Waals surface area (Å²) in [6, 6.07) is 6.19. The smallest absolute Gasteiger partial charge is 0.263 e. The molecule has 3 aromatic rings. The number of nitrogens with zero attached hydrogens (tertiary/aromatic N) is 2. The van der Waals surface area contributed by atoms with Crippen LogP contribution in [0.4, 0.5) is 9.52 Å². The summed E-state index contributed by atoms with van der Waals surface area (Å²) in [4.78, 5) is 19.4. The highest BCUT2D eigenvalue weighted by molar-refractivity contribution is 7.22. The molecule has 5 nitrogen and oxygen atoms in total. The maximum Gasteiger partial charge on any atom is 0.263 e. The lowest BCUT2D eigenvalue weighted by Crippen LogP contribution is -2.37. The van der Waals surface area contributed by atoms with Gasteiger partial charge in [-0.2, -0.15) is 0 Å². The molecule has 3 heterocycles. The molecule has 4 rings (SSSR count). The lowest BCUT2D eigenvalue weighted by molar-refractivity contribution is 0.0916. The Morgan fingerprint density at radius 3 is 2.92 bits per heavy atom. The van der Waals surface area contributed by atoms with E-state index in [1.165, 1.54) is 23.5 Å². The van der Waals surface area contributed by atoms with Gasteiger partial charge in [-0.25, -0.2) is 9.37 Å². The van der Waals surface area contributed by atoms with Crippen LogP contribution in [0.25, 0.3) is 10.2 Å². The van der Waals surface area contributed by atoms with Crippen molar-refractivity contribution in [2.24, 2.45) is 0 Å². The van der Waals surface area contributed by atoms with Crippen LogP contribution in [0, 0.1) is 19.7 Å². The van der Waals surface area contributed by atoms with Gasteiger partial charge in [-0.3, -0.25) is 9.69 Å². The van der Waals surface area contributed by atoms with E-state index in [1.54, 1.807) is 24.0 Å². The molecule has 0 N–H and O–H groups in total. The highest BCUT2D eigenvalue weighted by atomic mass is 32.1. The number of carbonyl (C=O) groups excluding carboxylic acids is 1. The number of aryl methyl sites for hydroxylation is 2. The summed E-state index contributed by atoms with van der Waals surface area (Å²) in [7, 11) is 0. The number of thiazole rings is 1. The van der Waals surface area contributed by atoms with Crippen LogP contribution in [0.5, 0.6) is 0 Å². The van der Waals surface area contributed by atoms with Gasteiger partial charge in [0.2, 0.25) is 0 Å². The van der Waals surface area contributed by atoms with E-state index >= 15 is 0 Å². The van der Waals surface area contributed by atoms with Crippen molar-refractivity contribution in [2.75, 3.05) is 18.1 Å². The van der Waals surface area contributed by atoms with Crippen LogP contribution in [0.15, 0.2) is 28.7 Å². The molecule has 1 unspecified atom stereocenters. The molecule has 1 aliphatic rings. The second-order valence-corrected chi connectivity index (χ2v) is 7.50. The van der Waals surface area contributed by atoms with Crippen molar-refractivity contribution in [3.8, 4) is 0 Å². The molecule has 1 aromatic carbocycles. The average molecular weight is 374 g/mol. The SMILES string of the molecule is Cc1cc(C(=O)N(CC2CCCO2)c2nc3ccc(F)cc3s2)c(C)o1. The fraction of sp³-hybridized carbons (Fsp3) is 0.368. The number of amides is 1. The molecule has 136 valence electrons. The molecular formula is C19H19FN2O3S. The summed E-state index contributed by atoms with van der Waals surface area (Å²) in [6.45, 7) is 4.72. The minimum atomic E-state index is -0.314. The Balaban J connectivity index is 1.73. The number of fused-ring (bicyclic) bond motifs is 1. The second-order valence-electron chi connectivity index (χ2n) is 6.49. The number of halogens is 1. The number of carbonyl (C=O) groups is 1. The summed E-state index contributed by atoms with van der Waals surface area (Å²) >= 11 is 1.31. The lowest BCUT2D eigenvalue weighted by Gasteiger charge is -2.22. The highest BCUT2D eigenvalue weighted by Gasteiger charge is 2.29. The number of aromatic nitrogens is 1. The number of hydrogen-bond acceptors (Lipinski definition) is 5. The second kappa shape index (κ2) is 6.81. The van der Waals surface area contributed by atoms with Crippen LogP contribution in [-0.4, -0.2) is 30.1 Å². The molecule has 0 bridgehead atoms. The van der Waals surface area contributed by atoms with Crippen LogP contribution in [0.1, 0.15) is 34.7 Å². The zero-order chi connectivity index (χ0) is 18.3. The number of hydrogen-bond donors (Lipinski definition) is 0. The normalized spacial score (nSPS) is 17.1. The molecule has 2 aromatic heterocycles. The first-order chi connectivity index (χ1) is 12.5. The van der Waals surface area contributed by atoms with Gasteiger partial charge < -0.3 is 9.15 Å². The molecular weight excluding hydrogens is 355 g/mol. The number of rotatable bonds is 4. The molecule has 0 radical (unpaired) electrons. The highest BCUT2D eigenvalue weighted by Crippen LogP contribution is 2.32. The van der Waals surface area contributed by atoms with Crippen molar-refractivity contribution >= 4 is 32.6 Å². The van der Waals surface area contributed by atoms with Gasteiger partial charge >= 0.3 is 0 Å². The molecule has 0 aliphatic carbocycles. The molecule has 26 heavy (non-hydrogen) atoms. The maximum atomic E-state index is 13.5. The van der Waals surface area contributed by atoms with Crippen LogP contribution < -0.4 is 4.90 Å². The van der Waals surface area contributed by atoms with Gasteiger partial charge in [0.15, 0.2) is 5.13 Å². The van der Waals surface area contributed by atoms with Crippen molar-refractivity contribution in [1.29, 1.82) is 0 Å². The van der Waals surface area contributed by atoms with Gasteiger partial charge in [0.05, 0.1) is 28.4 Å². The zero-order valence-corrected chi connectivity index (χ0v) is 15.4. The number of anilines is 1. The third-order valence-electron chi connectivity index (χ3n) is 4.50. The van der Waals surface area contributed by atoms with Crippen LogP contribution in [0.3, 0.4) is 0 Å². The van der Waals surface area contributed by atoms with Crippen molar-refractivity contribution in [3.05, 3.63) is 47.2 Å². The van der Waals surface area contributed by atoms with Gasteiger partial charge in [0.1, 0.15) is 17.3 Å². The first-order valence-corrected chi connectivity index (χ1v) is 9.39. The predicted octanol–water partition coefficient (Wildman–Crippen LogP) is 4.47. The summed E-state index contributed by atoms with van der Waals surface area (Å²) < 4.78 is 25.5. The molecule has 1 amide bonds. The Labute approximate surface area is 154 Å². The average Bonchev–Trinajstić information content (AvgIpc) is 3.31. The molecule has 0 spiro atoms. The predicted molar refractivity (Wildman–Crippen MR) is 98.4 cm³/mol. The van der Waals surface area contributed by atoms with Crippen LogP contribution >= 0.6 is 11.3 Å². The summed E-state index contributed by atoms with van der Waals surface area (Å²) in [5.41, 5.74) is 1.20. The van der Waals surface area contributed by atoms with E-state index in [-0.39, 0.29) is 17.8 Å². The fourth-order valence-corrected chi connectivity index (χ4v) is 4.23. The Kier molecular flexibility index (Phi) is 4.50. The third kappa shape index (κ3) is 3.24. The minimum absolute atomic E-state index is 0.0176.